The molecule has 0 radical (unpaired) electrons. The van der Waals surface area contributed by atoms with E-state index in [9.17, 15) is 0 Å². The minimum Gasteiger partial charge on any atom is -0.383 e. The molecule has 3 rings (SSSR count). The van der Waals surface area contributed by atoms with E-state index in [1.165, 1.54) is 18.4 Å². The van der Waals surface area contributed by atoms with Gasteiger partial charge in [-0.3, -0.25) is 5.43 Å². The molecule has 5 heteroatoms. The van der Waals surface area contributed by atoms with E-state index in [-0.39, 0.29) is 0 Å². The maximum atomic E-state index is 5.11. The average molecular weight is 281 g/mol. The Kier molecular flexibility index (Phi) is 4.58. The quantitative estimate of drug-likeness (QED) is 0.350. The van der Waals surface area contributed by atoms with Gasteiger partial charge in [-0.2, -0.15) is 5.10 Å². The summed E-state index contributed by atoms with van der Waals surface area (Å²) in [5, 5.41) is 7.78. The Hall–Kier alpha value is -0.940. The molecule has 1 fully saturated rings. The number of fused-ring (bicyclic) bond motifs is 1. The van der Waals surface area contributed by atoms with Gasteiger partial charge in [-0.15, -0.1) is 0 Å². The van der Waals surface area contributed by atoms with Crippen molar-refractivity contribution in [2.75, 3.05) is 20.3 Å². The number of allylic oxidation sites excluding steroid dienone is 2. The lowest BCUT2D eigenvalue weighted by Gasteiger charge is -2.55. The summed E-state index contributed by atoms with van der Waals surface area (Å²) < 4.78 is 4.94. The van der Waals surface area contributed by atoms with Crippen molar-refractivity contribution in [3.8, 4) is 0 Å². The van der Waals surface area contributed by atoms with Crippen LogP contribution < -0.4 is 10.7 Å². The van der Waals surface area contributed by atoms with E-state index in [2.05, 4.69) is 35.8 Å². The summed E-state index contributed by atoms with van der Waals surface area (Å²) in [5.74, 6) is 1.52. The number of hydrogen-bond donors (Lipinski definition) is 2. The smallest absolute Gasteiger partial charge is 0.187 e. The highest BCUT2D eigenvalue weighted by atomic mass is 32.1. The van der Waals surface area contributed by atoms with Crippen LogP contribution in [0.15, 0.2) is 16.8 Å². The molecule has 3 aliphatic rings. The highest BCUT2D eigenvalue weighted by Crippen LogP contribution is 2.58. The third-order valence-electron chi connectivity index (χ3n) is 4.48. The van der Waals surface area contributed by atoms with Gasteiger partial charge in [0.1, 0.15) is 0 Å². The number of ether oxygens (including phenoxy) is 1. The largest absolute Gasteiger partial charge is 0.383 e. The fourth-order valence-electron chi connectivity index (χ4n) is 3.02. The van der Waals surface area contributed by atoms with E-state index in [4.69, 9.17) is 17.0 Å². The molecule has 2 N–H and O–H groups in total. The van der Waals surface area contributed by atoms with Crippen molar-refractivity contribution >= 4 is 23.5 Å². The summed E-state index contributed by atoms with van der Waals surface area (Å²) in [7, 11) is 1.67. The number of hydrazone groups is 1. The van der Waals surface area contributed by atoms with E-state index < -0.39 is 0 Å². The standard InChI is InChI=1S/C14H23N3OS/c1-14(2)11-5-4-10(12(14)8-11)9-16-17-13(19)15-6-7-18-3/h4,9,11-12H,5-8H2,1-3H3,(H2,15,17,19)/b16-9-/t11-,12-/m0/s1. The van der Waals surface area contributed by atoms with Crippen LogP contribution in [-0.2, 0) is 4.74 Å². The molecule has 2 atom stereocenters. The molecule has 19 heavy (non-hydrogen) atoms. The Morgan fingerprint density at radius 2 is 2.42 bits per heavy atom. The van der Waals surface area contributed by atoms with E-state index >= 15 is 0 Å². The zero-order valence-corrected chi connectivity index (χ0v) is 12.7. The van der Waals surface area contributed by atoms with E-state index in [0.717, 1.165) is 5.92 Å². The van der Waals surface area contributed by atoms with Crippen molar-refractivity contribution in [1.29, 1.82) is 0 Å². The summed E-state index contributed by atoms with van der Waals surface area (Å²) in [6, 6.07) is 0. The molecule has 2 bridgehead atoms. The van der Waals surface area contributed by atoms with Gasteiger partial charge in [-0.1, -0.05) is 19.9 Å². The van der Waals surface area contributed by atoms with Crippen molar-refractivity contribution in [3.05, 3.63) is 11.6 Å². The van der Waals surface area contributed by atoms with Crippen LogP contribution in [0.2, 0.25) is 0 Å². The second-order valence-electron chi connectivity index (χ2n) is 5.87. The van der Waals surface area contributed by atoms with Crippen LogP contribution in [-0.4, -0.2) is 31.6 Å². The Labute approximate surface area is 120 Å². The maximum Gasteiger partial charge on any atom is 0.187 e. The number of nitrogens with zero attached hydrogens (tertiary/aromatic N) is 1. The zero-order valence-electron chi connectivity index (χ0n) is 11.9. The van der Waals surface area contributed by atoms with Gasteiger partial charge in [-0.05, 0) is 47.9 Å². The molecule has 0 aromatic heterocycles. The molecule has 0 amide bonds. The fraction of sp³-hybridized carbons (Fsp3) is 0.714. The molecule has 106 valence electrons. The van der Waals surface area contributed by atoms with Crippen LogP contribution in [0.1, 0.15) is 26.7 Å². The molecule has 0 aliphatic heterocycles. The first kappa shape index (κ1) is 14.5. The van der Waals surface area contributed by atoms with E-state index in [0.29, 0.717) is 29.6 Å². The van der Waals surface area contributed by atoms with Crippen molar-refractivity contribution < 1.29 is 4.74 Å². The number of nitrogens with one attached hydrogen (secondary N) is 2. The summed E-state index contributed by atoms with van der Waals surface area (Å²) in [6.45, 7) is 6.04. The topological polar surface area (TPSA) is 45.6 Å². The van der Waals surface area contributed by atoms with Crippen molar-refractivity contribution in [2.45, 2.75) is 26.7 Å². The minimum absolute atomic E-state index is 0.438. The van der Waals surface area contributed by atoms with Gasteiger partial charge in [-0.25, -0.2) is 0 Å². The molecule has 3 aliphatic carbocycles. The van der Waals surface area contributed by atoms with E-state index in [1.54, 1.807) is 7.11 Å². The molecule has 0 unspecified atom stereocenters. The normalized spacial score (nSPS) is 27.6. The van der Waals surface area contributed by atoms with Crippen LogP contribution >= 0.6 is 12.2 Å². The van der Waals surface area contributed by atoms with E-state index in [1.807, 2.05) is 6.21 Å². The molecule has 4 nitrogen and oxygen atoms in total. The van der Waals surface area contributed by atoms with Gasteiger partial charge in [0, 0.05) is 13.7 Å². The average Bonchev–Trinajstić information content (AvgIpc) is 2.39. The van der Waals surface area contributed by atoms with Crippen LogP contribution in [0.3, 0.4) is 0 Å². The summed E-state index contributed by atoms with van der Waals surface area (Å²) in [6.07, 6.45) is 6.73. The minimum atomic E-state index is 0.438. The first-order valence-electron chi connectivity index (χ1n) is 6.81. The predicted molar refractivity (Wildman–Crippen MR) is 82.2 cm³/mol. The van der Waals surface area contributed by atoms with Crippen LogP contribution in [0.5, 0.6) is 0 Å². The third kappa shape index (κ3) is 3.15. The van der Waals surface area contributed by atoms with Crippen LogP contribution in [0.25, 0.3) is 0 Å². The third-order valence-corrected chi connectivity index (χ3v) is 4.72. The van der Waals surface area contributed by atoms with Crippen molar-refractivity contribution in [2.24, 2.45) is 22.4 Å². The second-order valence-corrected chi connectivity index (χ2v) is 6.27. The molecule has 0 aromatic rings. The molecule has 0 aromatic carbocycles. The van der Waals surface area contributed by atoms with Crippen LogP contribution in [0, 0.1) is 17.3 Å². The van der Waals surface area contributed by atoms with Crippen molar-refractivity contribution in [3.63, 3.8) is 0 Å². The summed E-state index contributed by atoms with van der Waals surface area (Å²) in [4.78, 5) is 0. The first-order valence-corrected chi connectivity index (χ1v) is 7.22. The molecule has 1 saturated carbocycles. The number of thiocarbonyl (C=S) groups is 1. The number of rotatable bonds is 5. The highest BCUT2D eigenvalue weighted by molar-refractivity contribution is 7.80. The summed E-state index contributed by atoms with van der Waals surface area (Å²) in [5.41, 5.74) is 4.63. The molecular weight excluding hydrogens is 258 g/mol. The van der Waals surface area contributed by atoms with Gasteiger partial charge in [0.15, 0.2) is 5.11 Å². The summed E-state index contributed by atoms with van der Waals surface area (Å²) >= 11 is 5.11. The Bertz CT molecular complexity index is 403. The number of hydrogen-bond acceptors (Lipinski definition) is 3. The maximum absolute atomic E-state index is 5.11. The Balaban J connectivity index is 1.77. The van der Waals surface area contributed by atoms with Gasteiger partial charge in [0.25, 0.3) is 0 Å². The first-order chi connectivity index (χ1) is 9.05. The zero-order chi connectivity index (χ0) is 13.9. The van der Waals surface area contributed by atoms with Gasteiger partial charge >= 0.3 is 0 Å². The van der Waals surface area contributed by atoms with Crippen molar-refractivity contribution in [1.82, 2.24) is 10.7 Å². The Morgan fingerprint density at radius 1 is 1.63 bits per heavy atom. The molecule has 0 heterocycles. The van der Waals surface area contributed by atoms with Gasteiger partial charge in [0.05, 0.1) is 12.8 Å². The Morgan fingerprint density at radius 3 is 3.05 bits per heavy atom. The monoisotopic (exact) mass is 281 g/mol. The fourth-order valence-corrected chi connectivity index (χ4v) is 3.17. The lowest BCUT2D eigenvalue weighted by atomic mass is 9.49. The second kappa shape index (κ2) is 6.01. The molecule has 0 spiro atoms. The highest BCUT2D eigenvalue weighted by Gasteiger charge is 2.50. The van der Waals surface area contributed by atoms with Crippen LogP contribution in [0.4, 0.5) is 0 Å². The lowest BCUT2D eigenvalue weighted by Crippen LogP contribution is -2.48. The molecular formula is C14H23N3OS. The molecule has 0 saturated heterocycles. The van der Waals surface area contributed by atoms with Gasteiger partial charge in [0.2, 0.25) is 0 Å². The lowest BCUT2D eigenvalue weighted by molar-refractivity contribution is -0.00126. The number of methoxy groups -OCH3 is 1. The van der Waals surface area contributed by atoms with Gasteiger partial charge < -0.3 is 10.1 Å². The predicted octanol–water partition coefficient (Wildman–Crippen LogP) is 2.08. The SMILES string of the molecule is COCCNC(=S)N/N=C\C1=CC[C@H]2C[C@@H]1C2(C)C.